The van der Waals surface area contributed by atoms with Crippen LogP contribution < -0.4 is 0 Å². The van der Waals surface area contributed by atoms with E-state index >= 15 is 0 Å². The van der Waals surface area contributed by atoms with Crippen LogP contribution in [0.15, 0.2) is 11.6 Å². The molecule has 0 saturated heterocycles. The summed E-state index contributed by atoms with van der Waals surface area (Å²) >= 11 is 0. The Kier molecular flexibility index (Phi) is 3.54. The van der Waals surface area contributed by atoms with E-state index in [1.807, 2.05) is 13.8 Å². The number of hydrogen-bond donors (Lipinski definition) is 0. The van der Waals surface area contributed by atoms with Crippen molar-refractivity contribution in [3.05, 3.63) is 11.6 Å². The number of nitriles is 2. The summed E-state index contributed by atoms with van der Waals surface area (Å²) in [7, 11) is 0. The minimum Gasteiger partial charge on any atom is -0.298 e. The topological polar surface area (TPSA) is 81.7 Å². The molecule has 126 valence electrons. The van der Waals surface area contributed by atoms with E-state index < -0.39 is 17.3 Å². The smallest absolute Gasteiger partial charge is 0.172 e. The van der Waals surface area contributed by atoms with E-state index in [9.17, 15) is 20.1 Å². The predicted molar refractivity (Wildman–Crippen MR) is 88.3 cm³/mol. The number of carbonyl (C=O) groups is 2. The van der Waals surface area contributed by atoms with Gasteiger partial charge in [0, 0.05) is 5.41 Å². The predicted octanol–water partition coefficient (Wildman–Crippen LogP) is 3.59. The highest BCUT2D eigenvalue weighted by Gasteiger charge is 2.61. The molecule has 0 aromatic carbocycles. The zero-order valence-corrected chi connectivity index (χ0v) is 14.8. The van der Waals surface area contributed by atoms with Crippen LogP contribution in [0.5, 0.6) is 0 Å². The van der Waals surface area contributed by atoms with Crippen molar-refractivity contribution in [1.82, 2.24) is 0 Å². The lowest BCUT2D eigenvalue weighted by atomic mass is 9.42. The number of fused-ring (bicyclic) bond motifs is 3. The van der Waals surface area contributed by atoms with E-state index in [1.54, 1.807) is 6.08 Å². The molecule has 2 unspecified atom stereocenters. The van der Waals surface area contributed by atoms with Gasteiger partial charge in [-0.2, -0.15) is 10.5 Å². The van der Waals surface area contributed by atoms with Gasteiger partial charge >= 0.3 is 0 Å². The molecular weight excluding hydrogens is 300 g/mol. The molecule has 3 aliphatic carbocycles. The van der Waals surface area contributed by atoms with E-state index in [2.05, 4.69) is 26.0 Å². The average molecular weight is 324 g/mol. The molecule has 0 aromatic heterocycles. The van der Waals surface area contributed by atoms with Gasteiger partial charge in [-0.3, -0.25) is 9.59 Å². The van der Waals surface area contributed by atoms with E-state index in [1.165, 1.54) is 0 Å². The zero-order chi connectivity index (χ0) is 17.9. The number of allylic oxidation sites excluding steroid dienone is 2. The SMILES string of the molecule is CC1(C)C(=O)C(C#N)C[C@]2(C)C3=CC(=O)C(C#N)C[C@]3(C)CC[C@@H]12. The summed E-state index contributed by atoms with van der Waals surface area (Å²) in [5.41, 5.74) is -0.00898. The molecule has 2 saturated carbocycles. The second-order valence-corrected chi connectivity index (χ2v) is 8.89. The molecule has 4 nitrogen and oxygen atoms in total. The Morgan fingerprint density at radius 3 is 2.25 bits per heavy atom. The maximum atomic E-state index is 12.7. The fourth-order valence-corrected chi connectivity index (χ4v) is 5.90. The highest BCUT2D eigenvalue weighted by atomic mass is 16.1. The summed E-state index contributed by atoms with van der Waals surface area (Å²) in [6.45, 7) is 8.17. The lowest BCUT2D eigenvalue weighted by Crippen LogP contribution is -2.57. The van der Waals surface area contributed by atoms with Crippen LogP contribution in [0, 0.1) is 56.7 Å². The van der Waals surface area contributed by atoms with Crippen molar-refractivity contribution in [3.63, 3.8) is 0 Å². The summed E-state index contributed by atoms with van der Waals surface area (Å²) in [6.07, 6.45) is 4.51. The quantitative estimate of drug-likeness (QED) is 0.682. The first-order chi connectivity index (χ1) is 11.1. The van der Waals surface area contributed by atoms with E-state index in [0.717, 1.165) is 18.4 Å². The number of Topliss-reactive ketones (excluding diaryl/α,β-unsaturated/α-hetero) is 1. The third-order valence-electron chi connectivity index (χ3n) is 7.07. The van der Waals surface area contributed by atoms with Crippen LogP contribution in [0.25, 0.3) is 0 Å². The molecule has 0 N–H and O–H groups in total. The van der Waals surface area contributed by atoms with Crippen LogP contribution in [0.1, 0.15) is 53.4 Å². The van der Waals surface area contributed by atoms with E-state index in [-0.39, 0.29) is 28.3 Å². The molecule has 2 fully saturated rings. The van der Waals surface area contributed by atoms with E-state index in [4.69, 9.17) is 0 Å². The number of hydrogen-bond acceptors (Lipinski definition) is 4. The molecule has 5 atom stereocenters. The van der Waals surface area contributed by atoms with Crippen molar-refractivity contribution >= 4 is 11.6 Å². The minimum absolute atomic E-state index is 0.0358. The second-order valence-electron chi connectivity index (χ2n) is 8.89. The van der Waals surface area contributed by atoms with Gasteiger partial charge < -0.3 is 0 Å². The van der Waals surface area contributed by atoms with Crippen LogP contribution in [0.3, 0.4) is 0 Å². The fourth-order valence-electron chi connectivity index (χ4n) is 5.90. The van der Waals surface area contributed by atoms with Gasteiger partial charge in [-0.15, -0.1) is 0 Å². The molecule has 4 heteroatoms. The third-order valence-corrected chi connectivity index (χ3v) is 7.07. The lowest BCUT2D eigenvalue weighted by Gasteiger charge is -2.60. The summed E-state index contributed by atoms with van der Waals surface area (Å²) in [4.78, 5) is 25.1. The molecule has 0 bridgehead atoms. The summed E-state index contributed by atoms with van der Waals surface area (Å²) < 4.78 is 0. The van der Waals surface area contributed by atoms with Crippen molar-refractivity contribution in [2.24, 2.45) is 34.0 Å². The monoisotopic (exact) mass is 324 g/mol. The Morgan fingerprint density at radius 1 is 1.04 bits per heavy atom. The molecular formula is C20H24N2O2. The molecule has 0 spiro atoms. The average Bonchev–Trinajstić information content (AvgIpc) is 2.52. The third kappa shape index (κ3) is 2.02. The van der Waals surface area contributed by atoms with Gasteiger partial charge in [0.25, 0.3) is 0 Å². The zero-order valence-electron chi connectivity index (χ0n) is 14.8. The summed E-state index contributed by atoms with van der Waals surface area (Å²) in [5, 5.41) is 18.8. The van der Waals surface area contributed by atoms with Gasteiger partial charge in [-0.1, -0.05) is 33.3 Å². The van der Waals surface area contributed by atoms with Crippen LogP contribution in [-0.2, 0) is 9.59 Å². The first-order valence-electron chi connectivity index (χ1n) is 8.70. The van der Waals surface area contributed by atoms with Gasteiger partial charge in [0.15, 0.2) is 11.6 Å². The maximum Gasteiger partial charge on any atom is 0.172 e. The molecule has 0 amide bonds. The normalized spacial score (nSPS) is 43.8. The summed E-state index contributed by atoms with van der Waals surface area (Å²) in [5.74, 6) is -1.13. The van der Waals surface area contributed by atoms with Crippen molar-refractivity contribution in [3.8, 4) is 12.1 Å². The molecule has 0 radical (unpaired) electrons. The highest BCUT2D eigenvalue weighted by Crippen LogP contribution is 2.66. The van der Waals surface area contributed by atoms with Crippen LogP contribution in [0.2, 0.25) is 0 Å². The molecule has 0 aliphatic heterocycles. The Labute approximate surface area is 143 Å². The number of nitrogens with zero attached hydrogens (tertiary/aromatic N) is 2. The Balaban J connectivity index is 2.15. The van der Waals surface area contributed by atoms with Gasteiger partial charge in [0.2, 0.25) is 0 Å². The number of rotatable bonds is 0. The largest absolute Gasteiger partial charge is 0.298 e. The minimum atomic E-state index is -0.617. The Morgan fingerprint density at radius 2 is 1.67 bits per heavy atom. The molecule has 24 heavy (non-hydrogen) atoms. The summed E-state index contributed by atoms with van der Waals surface area (Å²) in [6, 6.07) is 4.33. The standard InChI is InChI=1S/C20H24N2O2/c1-18(2)15-5-6-19(3)8-12(10-21)14(23)7-16(19)20(15,4)9-13(11-22)17(18)24/h7,12-13,15H,5-6,8-9H2,1-4H3/t12?,13?,15-,19-,20-/m0/s1. The van der Waals surface area contributed by atoms with Gasteiger partial charge in [-0.25, -0.2) is 0 Å². The van der Waals surface area contributed by atoms with Crippen molar-refractivity contribution < 1.29 is 9.59 Å². The van der Waals surface area contributed by atoms with Crippen LogP contribution in [-0.4, -0.2) is 11.6 Å². The van der Waals surface area contributed by atoms with E-state index in [0.29, 0.717) is 12.8 Å². The maximum absolute atomic E-state index is 12.7. The molecule has 0 heterocycles. The second kappa shape index (κ2) is 5.03. The first kappa shape index (κ1) is 16.9. The van der Waals surface area contributed by atoms with Crippen LogP contribution >= 0.6 is 0 Å². The van der Waals surface area contributed by atoms with Gasteiger partial charge in [-0.05, 0) is 48.5 Å². The molecule has 3 aliphatic rings. The first-order valence-corrected chi connectivity index (χ1v) is 8.70. The van der Waals surface area contributed by atoms with Crippen molar-refractivity contribution in [2.75, 3.05) is 0 Å². The fraction of sp³-hybridized carbons (Fsp3) is 0.700. The Bertz CT molecular complexity index is 736. The number of carbonyl (C=O) groups excluding carboxylic acids is 2. The van der Waals surface area contributed by atoms with Gasteiger partial charge in [0.05, 0.1) is 12.1 Å². The number of ketones is 2. The van der Waals surface area contributed by atoms with Gasteiger partial charge in [0.1, 0.15) is 11.8 Å². The van der Waals surface area contributed by atoms with Crippen molar-refractivity contribution in [1.29, 1.82) is 10.5 Å². The van der Waals surface area contributed by atoms with Crippen molar-refractivity contribution in [2.45, 2.75) is 53.4 Å². The van der Waals surface area contributed by atoms with Crippen LogP contribution in [0.4, 0.5) is 0 Å². The molecule has 3 rings (SSSR count). The lowest BCUT2D eigenvalue weighted by molar-refractivity contribution is -0.146. The Hall–Kier alpha value is -1.94. The highest BCUT2D eigenvalue weighted by molar-refractivity contribution is 5.96. The molecule has 0 aromatic rings.